The molecule has 0 saturated carbocycles. The molecule has 0 radical (unpaired) electrons. The van der Waals surface area contributed by atoms with Crippen LogP contribution in [0.5, 0.6) is 11.5 Å². The van der Waals surface area contributed by atoms with Crippen LogP contribution in [-0.2, 0) is 22.7 Å². The predicted molar refractivity (Wildman–Crippen MR) is 189 cm³/mol. The Morgan fingerprint density at radius 2 is 1.69 bits per heavy atom. The largest absolute Gasteiger partial charge is 0.496 e. The van der Waals surface area contributed by atoms with Gasteiger partial charge in [0.25, 0.3) is 5.91 Å². The van der Waals surface area contributed by atoms with Crippen molar-refractivity contribution in [1.82, 2.24) is 9.80 Å². The quantitative estimate of drug-likeness (QED) is 0.174. The fraction of sp³-hybridized carbons (Fsp3) is 0.324. The Morgan fingerprint density at radius 3 is 2.35 bits per heavy atom. The fourth-order valence-electron chi connectivity index (χ4n) is 5.67. The normalized spacial score (nSPS) is 13.5. The van der Waals surface area contributed by atoms with Crippen LogP contribution in [0.15, 0.2) is 72.8 Å². The number of hydrogen-bond acceptors (Lipinski definition) is 9. The molecule has 0 spiro atoms. The number of hydrogen-bond donors (Lipinski definition) is 1. The summed E-state index contributed by atoms with van der Waals surface area (Å²) in [7, 11) is 7.18. The summed E-state index contributed by atoms with van der Waals surface area (Å²) in [5.41, 5.74) is 3.54. The number of thiophene rings is 1. The van der Waals surface area contributed by atoms with Gasteiger partial charge in [0.15, 0.2) is 0 Å². The SMILES string of the molecule is COc1cc(OC(=O)N(CCN(C)C)Cc2ccccc2)ccc1-c1ccc2c(c1COC(=O)c1ccc(C)s1)N(C)C(=O)C(C)(C)N2. The molecule has 0 bridgehead atoms. The van der Waals surface area contributed by atoms with E-state index in [1.807, 2.05) is 88.3 Å². The van der Waals surface area contributed by atoms with Gasteiger partial charge in [-0.2, -0.15) is 0 Å². The first-order chi connectivity index (χ1) is 22.9. The number of carbonyl (C=O) groups is 3. The Labute approximate surface area is 285 Å². The second kappa shape index (κ2) is 14.5. The van der Waals surface area contributed by atoms with Crippen LogP contribution in [-0.4, -0.2) is 74.7 Å². The number of ether oxygens (including phenoxy) is 3. The van der Waals surface area contributed by atoms with Crippen molar-refractivity contribution in [2.45, 2.75) is 39.5 Å². The van der Waals surface area contributed by atoms with E-state index in [2.05, 4.69) is 5.32 Å². The highest BCUT2D eigenvalue weighted by Gasteiger charge is 2.39. The van der Waals surface area contributed by atoms with Gasteiger partial charge in [-0.1, -0.05) is 36.4 Å². The number of aryl methyl sites for hydroxylation is 1. The summed E-state index contributed by atoms with van der Waals surface area (Å²) >= 11 is 1.36. The fourth-order valence-corrected chi connectivity index (χ4v) is 6.43. The number of carbonyl (C=O) groups excluding carboxylic acids is 3. The van der Waals surface area contributed by atoms with Crippen molar-refractivity contribution in [3.05, 3.63) is 93.7 Å². The molecule has 0 unspecified atom stereocenters. The van der Waals surface area contributed by atoms with Crippen LogP contribution >= 0.6 is 11.3 Å². The second-order valence-corrected chi connectivity index (χ2v) is 13.8. The molecular formula is C37H42N4O6S. The van der Waals surface area contributed by atoms with E-state index in [1.165, 1.54) is 11.3 Å². The summed E-state index contributed by atoms with van der Waals surface area (Å²) in [4.78, 5) is 46.6. The van der Waals surface area contributed by atoms with E-state index >= 15 is 0 Å². The van der Waals surface area contributed by atoms with Gasteiger partial charge in [-0.15, -0.1) is 11.3 Å². The Bertz CT molecular complexity index is 1800. The third-order valence-electron chi connectivity index (χ3n) is 8.15. The lowest BCUT2D eigenvalue weighted by molar-refractivity contribution is -0.121. The maximum Gasteiger partial charge on any atom is 0.415 e. The van der Waals surface area contributed by atoms with Gasteiger partial charge in [-0.25, -0.2) is 9.59 Å². The molecular weight excluding hydrogens is 628 g/mol. The third-order valence-corrected chi connectivity index (χ3v) is 9.13. The van der Waals surface area contributed by atoms with Crippen LogP contribution < -0.4 is 19.7 Å². The molecule has 3 aromatic carbocycles. The van der Waals surface area contributed by atoms with Crippen LogP contribution in [0.2, 0.25) is 0 Å². The van der Waals surface area contributed by atoms with Crippen molar-refractivity contribution in [3.63, 3.8) is 0 Å². The number of nitrogens with one attached hydrogen (secondary N) is 1. The van der Waals surface area contributed by atoms with E-state index in [-0.39, 0.29) is 12.5 Å². The van der Waals surface area contributed by atoms with E-state index in [0.29, 0.717) is 58.4 Å². The van der Waals surface area contributed by atoms with Crippen molar-refractivity contribution >= 4 is 40.7 Å². The number of esters is 1. The highest BCUT2D eigenvalue weighted by atomic mass is 32.1. The summed E-state index contributed by atoms with van der Waals surface area (Å²) in [6.07, 6.45) is -0.477. The highest BCUT2D eigenvalue weighted by Crippen LogP contribution is 2.45. The standard InChI is InChI=1S/C37H42N4O6S/c1-24-13-18-32(48-24)34(42)46-23-29-27(16-17-30-33(29)40(6)35(43)37(2,3)38-30)28-15-14-26(21-31(28)45-7)47-36(44)41(20-19-39(4)5)22-25-11-9-8-10-12-25/h8-18,21,38H,19-20,22-23H2,1-7H3. The molecule has 0 atom stereocenters. The molecule has 1 aliphatic heterocycles. The summed E-state index contributed by atoms with van der Waals surface area (Å²) < 4.78 is 17.5. The summed E-state index contributed by atoms with van der Waals surface area (Å²) in [6, 6.07) is 22.4. The number of benzene rings is 3. The molecule has 5 rings (SSSR count). The van der Waals surface area contributed by atoms with Crippen molar-refractivity contribution in [2.75, 3.05) is 51.6 Å². The average Bonchev–Trinajstić information content (AvgIpc) is 3.50. The summed E-state index contributed by atoms with van der Waals surface area (Å²) in [5.74, 6) is 0.191. The second-order valence-electron chi connectivity index (χ2n) is 12.5. The molecule has 2 heterocycles. The van der Waals surface area contributed by atoms with E-state index in [4.69, 9.17) is 14.2 Å². The van der Waals surface area contributed by atoms with Crippen molar-refractivity contribution in [2.24, 2.45) is 0 Å². The molecule has 252 valence electrons. The molecule has 0 aliphatic carbocycles. The molecule has 1 N–H and O–H groups in total. The number of nitrogens with zero attached hydrogens (tertiary/aromatic N) is 3. The first-order valence-corrected chi connectivity index (χ1v) is 16.5. The molecule has 11 heteroatoms. The first-order valence-electron chi connectivity index (χ1n) is 15.7. The Morgan fingerprint density at radius 1 is 0.958 bits per heavy atom. The molecule has 1 aliphatic rings. The first kappa shape index (κ1) is 34.5. The maximum atomic E-state index is 13.4. The lowest BCUT2D eigenvalue weighted by Crippen LogP contribution is -2.52. The summed E-state index contributed by atoms with van der Waals surface area (Å²) in [5, 5.41) is 3.34. The van der Waals surface area contributed by atoms with Gasteiger partial charge in [0.05, 0.1) is 18.5 Å². The number of fused-ring (bicyclic) bond motifs is 1. The Balaban J connectivity index is 1.48. The number of anilines is 2. The number of rotatable bonds is 11. The van der Waals surface area contributed by atoms with E-state index in [1.54, 1.807) is 48.2 Å². The van der Waals surface area contributed by atoms with Gasteiger partial charge in [0.2, 0.25) is 0 Å². The number of likely N-dealkylation sites (N-methyl/N-ethyl adjacent to an activating group) is 2. The Kier molecular flexibility index (Phi) is 10.4. The number of amides is 2. The van der Waals surface area contributed by atoms with Gasteiger partial charge >= 0.3 is 12.1 Å². The van der Waals surface area contributed by atoms with E-state index in [9.17, 15) is 14.4 Å². The minimum absolute atomic E-state index is 0.0891. The van der Waals surface area contributed by atoms with E-state index < -0.39 is 17.6 Å². The van der Waals surface area contributed by atoms with Crippen LogP contribution in [0.1, 0.15) is 39.5 Å². The zero-order valence-corrected chi connectivity index (χ0v) is 29.3. The zero-order valence-electron chi connectivity index (χ0n) is 28.5. The van der Waals surface area contributed by atoms with Crippen LogP contribution in [0.25, 0.3) is 11.1 Å². The monoisotopic (exact) mass is 670 g/mol. The molecule has 0 saturated heterocycles. The third kappa shape index (κ3) is 7.64. The van der Waals surface area contributed by atoms with Crippen LogP contribution in [0.3, 0.4) is 0 Å². The lowest BCUT2D eigenvalue weighted by atomic mass is 9.92. The van der Waals surface area contributed by atoms with Gasteiger partial charge in [0.1, 0.15) is 28.5 Å². The maximum absolute atomic E-state index is 13.4. The van der Waals surface area contributed by atoms with Crippen LogP contribution in [0, 0.1) is 6.92 Å². The van der Waals surface area contributed by atoms with Crippen molar-refractivity contribution < 1.29 is 28.6 Å². The van der Waals surface area contributed by atoms with Crippen molar-refractivity contribution in [1.29, 1.82) is 0 Å². The van der Waals surface area contributed by atoms with Gasteiger partial charge in [-0.05, 0) is 76.3 Å². The zero-order chi connectivity index (χ0) is 34.6. The predicted octanol–water partition coefficient (Wildman–Crippen LogP) is 6.82. The lowest BCUT2D eigenvalue weighted by Gasteiger charge is -2.39. The van der Waals surface area contributed by atoms with Gasteiger partial charge in [0, 0.05) is 48.8 Å². The molecule has 2 amide bonds. The minimum Gasteiger partial charge on any atom is -0.496 e. The average molecular weight is 671 g/mol. The highest BCUT2D eigenvalue weighted by molar-refractivity contribution is 7.13. The van der Waals surface area contributed by atoms with Crippen molar-refractivity contribution in [3.8, 4) is 22.6 Å². The van der Waals surface area contributed by atoms with E-state index in [0.717, 1.165) is 16.1 Å². The molecule has 10 nitrogen and oxygen atoms in total. The molecule has 48 heavy (non-hydrogen) atoms. The Hall–Kier alpha value is -4.87. The number of methoxy groups -OCH3 is 1. The summed E-state index contributed by atoms with van der Waals surface area (Å²) in [6.45, 7) is 7.05. The van der Waals surface area contributed by atoms with Crippen LogP contribution in [0.4, 0.5) is 16.2 Å². The molecule has 1 aromatic heterocycles. The van der Waals surface area contributed by atoms with Gasteiger partial charge in [-0.3, -0.25) is 4.79 Å². The molecule has 0 fully saturated rings. The minimum atomic E-state index is -0.824. The van der Waals surface area contributed by atoms with Gasteiger partial charge < -0.3 is 34.2 Å². The topological polar surface area (TPSA) is 101 Å². The smallest absolute Gasteiger partial charge is 0.415 e. The molecule has 4 aromatic rings.